The molecule has 3 rings (SSSR count). The first kappa shape index (κ1) is 12.4. The van der Waals surface area contributed by atoms with E-state index in [2.05, 4.69) is 9.88 Å². The number of nitrogens with zero attached hydrogens (tertiary/aromatic N) is 3. The number of likely N-dealkylation sites (tertiary alicyclic amines) is 1. The highest BCUT2D eigenvalue weighted by atomic mass is 35.5. The number of halogens is 1. The highest BCUT2D eigenvalue weighted by Crippen LogP contribution is 2.31. The molecule has 0 N–H and O–H groups in total. The van der Waals surface area contributed by atoms with Crippen molar-refractivity contribution in [2.24, 2.45) is 7.05 Å². The lowest BCUT2D eigenvalue weighted by atomic mass is 10.0. The van der Waals surface area contributed by atoms with E-state index in [0.717, 1.165) is 51.5 Å². The summed E-state index contributed by atoms with van der Waals surface area (Å²) < 4.78 is 13.4. The molecule has 100 valence electrons. The van der Waals surface area contributed by atoms with Crippen LogP contribution >= 0.6 is 11.6 Å². The second kappa shape index (κ2) is 4.81. The first-order valence-electron chi connectivity index (χ1n) is 6.35. The first-order valence-corrected chi connectivity index (χ1v) is 6.73. The van der Waals surface area contributed by atoms with Gasteiger partial charge in [-0.1, -0.05) is 11.6 Å². The van der Waals surface area contributed by atoms with E-state index < -0.39 is 0 Å². The zero-order chi connectivity index (χ0) is 12.6. The minimum Gasteiger partial charge on any atom is -0.347 e. The molecular formula is C12H18ClN3O2. The topological polar surface area (TPSA) is 39.5 Å². The Balaban J connectivity index is 1.58. The van der Waals surface area contributed by atoms with Crippen LogP contribution in [0, 0.1) is 0 Å². The van der Waals surface area contributed by atoms with Gasteiger partial charge in [0.2, 0.25) is 0 Å². The molecule has 0 bridgehead atoms. The summed E-state index contributed by atoms with van der Waals surface area (Å²) in [6, 6.07) is 0. The molecule has 3 heterocycles. The molecule has 5 nitrogen and oxygen atoms in total. The summed E-state index contributed by atoms with van der Waals surface area (Å²) in [5.41, 5.74) is 0. The van der Waals surface area contributed by atoms with Crippen LogP contribution in [-0.2, 0) is 23.1 Å². The number of rotatable bonds is 2. The molecule has 1 aromatic heterocycles. The Morgan fingerprint density at radius 1 is 1.33 bits per heavy atom. The maximum atomic E-state index is 5.99. The van der Waals surface area contributed by atoms with Crippen molar-refractivity contribution in [1.29, 1.82) is 0 Å². The van der Waals surface area contributed by atoms with Crippen LogP contribution in [0.15, 0.2) is 6.20 Å². The monoisotopic (exact) mass is 271 g/mol. The Labute approximate surface area is 112 Å². The van der Waals surface area contributed by atoms with E-state index in [1.807, 2.05) is 11.6 Å². The summed E-state index contributed by atoms with van der Waals surface area (Å²) in [6.45, 7) is 4.25. The fraction of sp³-hybridized carbons (Fsp3) is 0.750. The Kier molecular flexibility index (Phi) is 3.32. The van der Waals surface area contributed by atoms with Crippen LogP contribution < -0.4 is 0 Å². The van der Waals surface area contributed by atoms with Crippen molar-refractivity contribution in [1.82, 2.24) is 14.5 Å². The molecule has 0 atom stereocenters. The number of piperidine rings is 1. The molecule has 2 aliphatic heterocycles. The van der Waals surface area contributed by atoms with Crippen LogP contribution in [0.5, 0.6) is 0 Å². The third kappa shape index (κ3) is 2.28. The third-order valence-corrected chi connectivity index (χ3v) is 4.18. The van der Waals surface area contributed by atoms with Crippen LogP contribution in [-0.4, -0.2) is 46.5 Å². The Bertz CT molecular complexity index is 419. The molecule has 0 amide bonds. The van der Waals surface area contributed by atoms with Crippen molar-refractivity contribution in [3.05, 3.63) is 17.2 Å². The number of hydrogen-bond acceptors (Lipinski definition) is 4. The lowest BCUT2D eigenvalue weighted by Gasteiger charge is -2.37. The summed E-state index contributed by atoms with van der Waals surface area (Å²) >= 11 is 5.99. The summed E-state index contributed by atoms with van der Waals surface area (Å²) in [6.07, 6.45) is 3.57. The van der Waals surface area contributed by atoms with Crippen LogP contribution in [0.1, 0.15) is 18.7 Å². The van der Waals surface area contributed by atoms with Crippen molar-refractivity contribution in [3.63, 3.8) is 0 Å². The van der Waals surface area contributed by atoms with Gasteiger partial charge in [0.25, 0.3) is 0 Å². The van der Waals surface area contributed by atoms with Gasteiger partial charge in [0.05, 0.1) is 26.0 Å². The van der Waals surface area contributed by atoms with Gasteiger partial charge in [-0.2, -0.15) is 0 Å². The van der Waals surface area contributed by atoms with Crippen molar-refractivity contribution in [3.8, 4) is 0 Å². The Morgan fingerprint density at radius 2 is 2.00 bits per heavy atom. The van der Waals surface area contributed by atoms with Crippen LogP contribution in [0.3, 0.4) is 0 Å². The van der Waals surface area contributed by atoms with Gasteiger partial charge in [-0.25, -0.2) is 4.98 Å². The van der Waals surface area contributed by atoms with Gasteiger partial charge in [-0.3, -0.25) is 4.90 Å². The van der Waals surface area contributed by atoms with Gasteiger partial charge >= 0.3 is 0 Å². The van der Waals surface area contributed by atoms with Crippen molar-refractivity contribution < 1.29 is 9.47 Å². The fourth-order valence-electron chi connectivity index (χ4n) is 2.61. The summed E-state index contributed by atoms with van der Waals surface area (Å²) in [5, 5.41) is 0.681. The highest BCUT2D eigenvalue weighted by Gasteiger charge is 2.39. The molecule has 2 aliphatic rings. The third-order valence-electron chi connectivity index (χ3n) is 3.82. The lowest BCUT2D eigenvalue weighted by molar-refractivity contribution is -0.186. The normalized spacial score (nSPS) is 23.9. The molecule has 0 radical (unpaired) electrons. The predicted molar refractivity (Wildman–Crippen MR) is 67.4 cm³/mol. The van der Waals surface area contributed by atoms with Crippen molar-refractivity contribution in [2.45, 2.75) is 25.2 Å². The Hall–Kier alpha value is -0.620. The molecule has 2 saturated heterocycles. The summed E-state index contributed by atoms with van der Waals surface area (Å²) in [5.74, 6) is 0.708. The number of ether oxygens (including phenoxy) is 2. The average Bonchev–Trinajstić information content (AvgIpc) is 2.95. The lowest BCUT2D eigenvalue weighted by Crippen LogP contribution is -2.44. The number of hydrogen-bond donors (Lipinski definition) is 0. The maximum Gasteiger partial charge on any atom is 0.170 e. The van der Waals surface area contributed by atoms with E-state index in [0.29, 0.717) is 5.15 Å². The molecule has 1 aromatic rings. The standard InChI is InChI=1S/C12H18ClN3O2/c1-15-10(13)8-14-11(15)9-16-4-2-12(3-5-16)17-6-7-18-12/h8H,2-7,9H2,1H3. The van der Waals surface area contributed by atoms with Crippen LogP contribution in [0.25, 0.3) is 0 Å². The smallest absolute Gasteiger partial charge is 0.170 e. The maximum absolute atomic E-state index is 5.99. The molecule has 0 aliphatic carbocycles. The van der Waals surface area contributed by atoms with Crippen LogP contribution in [0.4, 0.5) is 0 Å². The molecule has 0 saturated carbocycles. The molecule has 0 unspecified atom stereocenters. The zero-order valence-electron chi connectivity index (χ0n) is 10.6. The largest absolute Gasteiger partial charge is 0.347 e. The Morgan fingerprint density at radius 3 is 2.56 bits per heavy atom. The fourth-order valence-corrected chi connectivity index (χ4v) is 2.76. The van der Waals surface area contributed by atoms with E-state index in [9.17, 15) is 0 Å². The van der Waals surface area contributed by atoms with E-state index in [1.165, 1.54) is 0 Å². The number of imidazole rings is 1. The average molecular weight is 272 g/mol. The van der Waals surface area contributed by atoms with Crippen molar-refractivity contribution >= 4 is 11.6 Å². The second-order valence-corrected chi connectivity index (χ2v) is 5.33. The molecule has 18 heavy (non-hydrogen) atoms. The van der Waals surface area contributed by atoms with E-state index >= 15 is 0 Å². The van der Waals surface area contributed by atoms with Gasteiger partial charge in [-0.15, -0.1) is 0 Å². The molecular weight excluding hydrogens is 254 g/mol. The molecule has 6 heteroatoms. The van der Waals surface area contributed by atoms with Gasteiger partial charge in [0, 0.05) is 33.0 Å². The predicted octanol–water partition coefficient (Wildman–Crippen LogP) is 1.41. The minimum absolute atomic E-state index is 0.296. The van der Waals surface area contributed by atoms with Crippen molar-refractivity contribution in [2.75, 3.05) is 26.3 Å². The van der Waals surface area contributed by atoms with Gasteiger partial charge in [0.1, 0.15) is 11.0 Å². The molecule has 2 fully saturated rings. The van der Waals surface area contributed by atoms with Crippen LogP contribution in [0.2, 0.25) is 5.15 Å². The zero-order valence-corrected chi connectivity index (χ0v) is 11.3. The van der Waals surface area contributed by atoms with E-state index in [1.54, 1.807) is 6.20 Å². The molecule has 1 spiro atoms. The summed E-state index contributed by atoms with van der Waals surface area (Å²) in [7, 11) is 1.94. The SMILES string of the molecule is Cn1c(Cl)cnc1CN1CCC2(CC1)OCCO2. The van der Waals surface area contributed by atoms with E-state index in [-0.39, 0.29) is 5.79 Å². The van der Waals surface area contributed by atoms with Gasteiger partial charge < -0.3 is 14.0 Å². The number of aromatic nitrogens is 2. The first-order chi connectivity index (χ1) is 8.69. The van der Waals surface area contributed by atoms with Gasteiger partial charge in [0.15, 0.2) is 5.79 Å². The molecule has 0 aromatic carbocycles. The summed E-state index contributed by atoms with van der Waals surface area (Å²) in [4.78, 5) is 6.70. The quantitative estimate of drug-likeness (QED) is 0.815. The van der Waals surface area contributed by atoms with E-state index in [4.69, 9.17) is 21.1 Å². The minimum atomic E-state index is -0.296. The van der Waals surface area contributed by atoms with Gasteiger partial charge in [-0.05, 0) is 0 Å². The second-order valence-electron chi connectivity index (χ2n) is 4.94. The highest BCUT2D eigenvalue weighted by molar-refractivity contribution is 6.29.